The van der Waals surface area contributed by atoms with Crippen LogP contribution in [-0.4, -0.2) is 216 Å². The molecule has 1 unspecified atom stereocenters. The standard InChI is InChI=1S/C32H63B2N3O17/c1-40-31(38)3-2-30(35)32(39)36-4-5-41-6-7-42-8-9-43-10-11-44-12-13-45-14-15-46-16-17-47-18-19-48-20-21-49-22-23-50-24-25-51-26-27-54-37(33-28-52-33)34-29-53-34/h30H,2-29,35H2,1H3,(H,36,39). The molecule has 3 N–H and O–H groups in total. The Hall–Kier alpha value is -1.57. The monoisotopic (exact) mass is 783 g/mol. The Kier molecular flexibility index (Phi) is 32.2. The van der Waals surface area contributed by atoms with Crippen molar-refractivity contribution in [2.24, 2.45) is 5.73 Å². The summed E-state index contributed by atoms with van der Waals surface area (Å²) in [4.78, 5) is 30.3. The highest BCUT2D eigenvalue weighted by molar-refractivity contribution is 6.73. The van der Waals surface area contributed by atoms with E-state index in [1.165, 1.54) is 7.11 Å². The van der Waals surface area contributed by atoms with Gasteiger partial charge in [-0.15, -0.1) is 0 Å². The second-order valence-corrected chi connectivity index (χ2v) is 11.5. The molecule has 2 aliphatic heterocycles. The Balaban J connectivity index is 1.13. The zero-order valence-electron chi connectivity index (χ0n) is 32.0. The van der Waals surface area contributed by atoms with Crippen LogP contribution in [0.15, 0.2) is 0 Å². The molecule has 314 valence electrons. The highest BCUT2D eigenvalue weighted by Crippen LogP contribution is 2.19. The molecular weight excluding hydrogens is 720 g/mol. The lowest BCUT2D eigenvalue weighted by molar-refractivity contribution is -0.140. The molecule has 22 heteroatoms. The van der Waals surface area contributed by atoms with E-state index in [9.17, 15) is 9.59 Å². The third-order valence-electron chi connectivity index (χ3n) is 7.16. The van der Waals surface area contributed by atoms with Gasteiger partial charge < -0.3 is 82.0 Å². The molecule has 54 heavy (non-hydrogen) atoms. The lowest BCUT2D eigenvalue weighted by Crippen LogP contribution is -2.42. The first-order valence-corrected chi connectivity index (χ1v) is 18.7. The number of rotatable bonds is 43. The van der Waals surface area contributed by atoms with Crippen LogP contribution in [0, 0.1) is 0 Å². The summed E-state index contributed by atoms with van der Waals surface area (Å²) < 4.78 is 75.1. The average molecular weight is 783 g/mol. The molecule has 0 bridgehead atoms. The second kappa shape index (κ2) is 35.8. The fourth-order valence-electron chi connectivity index (χ4n) is 4.12. The van der Waals surface area contributed by atoms with Crippen LogP contribution in [0.4, 0.5) is 0 Å². The second-order valence-electron chi connectivity index (χ2n) is 11.5. The number of nitrogens with one attached hydrogen (secondary N) is 1. The van der Waals surface area contributed by atoms with Gasteiger partial charge >= 0.3 is 20.1 Å². The Morgan fingerprint density at radius 1 is 0.556 bits per heavy atom. The van der Waals surface area contributed by atoms with Gasteiger partial charge in [-0.2, -0.15) is 0 Å². The van der Waals surface area contributed by atoms with Crippen molar-refractivity contribution in [2.45, 2.75) is 18.9 Å². The van der Waals surface area contributed by atoms with Crippen molar-refractivity contribution in [3.63, 3.8) is 0 Å². The summed E-state index contributed by atoms with van der Waals surface area (Å²) >= 11 is 0. The first-order chi connectivity index (χ1) is 26.6. The van der Waals surface area contributed by atoms with Gasteiger partial charge in [-0.3, -0.25) is 9.59 Å². The predicted octanol–water partition coefficient (Wildman–Crippen LogP) is -2.09. The van der Waals surface area contributed by atoms with Gasteiger partial charge in [0.15, 0.2) is 0 Å². The van der Waals surface area contributed by atoms with Gasteiger partial charge in [0.2, 0.25) is 5.91 Å². The molecule has 0 aromatic heterocycles. The van der Waals surface area contributed by atoms with Crippen molar-refractivity contribution in [3.05, 3.63) is 0 Å². The van der Waals surface area contributed by atoms with Gasteiger partial charge in [0, 0.05) is 13.0 Å². The average Bonchev–Trinajstić information content (AvgIpc) is 4.12. The topological polar surface area (TPSA) is 220 Å². The van der Waals surface area contributed by atoms with Gasteiger partial charge in [0.25, 0.3) is 0 Å². The summed E-state index contributed by atoms with van der Waals surface area (Å²) in [5, 5.41) is 2.66. The molecule has 20 nitrogen and oxygen atoms in total. The summed E-state index contributed by atoms with van der Waals surface area (Å²) in [5.74, 6) is -0.730. The number of hydrogen-bond acceptors (Lipinski definition) is 19. The summed E-state index contributed by atoms with van der Waals surface area (Å²) in [7, 11) is 1.33. The van der Waals surface area contributed by atoms with Crippen LogP contribution < -0.4 is 11.1 Å². The van der Waals surface area contributed by atoms with E-state index in [0.29, 0.717) is 172 Å². The first-order valence-electron chi connectivity index (χ1n) is 18.7. The van der Waals surface area contributed by atoms with E-state index in [0.717, 1.165) is 0 Å². The van der Waals surface area contributed by atoms with Crippen molar-refractivity contribution in [2.75, 3.05) is 179 Å². The van der Waals surface area contributed by atoms with Crippen LogP contribution in [0.5, 0.6) is 0 Å². The Morgan fingerprint density at radius 3 is 1.15 bits per heavy atom. The fourth-order valence-corrected chi connectivity index (χ4v) is 4.12. The number of carbonyl (C=O) groups excluding carboxylic acids is 2. The van der Waals surface area contributed by atoms with Crippen LogP contribution in [-0.2, 0) is 80.6 Å². The largest absolute Gasteiger partial charge is 0.469 e. The summed E-state index contributed by atoms with van der Waals surface area (Å²) in [6, 6.07) is -0.762. The fraction of sp³-hybridized carbons (Fsp3) is 0.938. The van der Waals surface area contributed by atoms with E-state index in [2.05, 4.69) is 10.1 Å². The minimum absolute atomic E-state index is 0.0178. The maximum atomic E-state index is 11.8. The molecule has 2 aliphatic rings. The molecule has 0 saturated carbocycles. The maximum absolute atomic E-state index is 11.8. The van der Waals surface area contributed by atoms with Crippen molar-refractivity contribution in [1.29, 1.82) is 0 Å². The molecule has 0 spiro atoms. The van der Waals surface area contributed by atoms with Crippen LogP contribution in [0.1, 0.15) is 12.8 Å². The highest BCUT2D eigenvalue weighted by atomic mass is 16.7. The molecule has 1 amide bonds. The van der Waals surface area contributed by atoms with Gasteiger partial charge in [0.05, 0.1) is 178 Å². The van der Waals surface area contributed by atoms with Gasteiger partial charge in [-0.05, 0) is 6.42 Å². The zero-order valence-corrected chi connectivity index (χ0v) is 32.0. The van der Waals surface area contributed by atoms with Crippen LogP contribution in [0.3, 0.4) is 0 Å². The number of hydrogen-bond donors (Lipinski definition) is 2. The lowest BCUT2D eigenvalue weighted by Gasteiger charge is -2.14. The quantitative estimate of drug-likeness (QED) is 0.0223. The van der Waals surface area contributed by atoms with E-state index < -0.39 is 12.0 Å². The maximum Gasteiger partial charge on any atom is 0.422 e. The van der Waals surface area contributed by atoms with Crippen molar-refractivity contribution >= 4 is 26.0 Å². The molecule has 2 rings (SSSR count). The predicted molar refractivity (Wildman–Crippen MR) is 192 cm³/mol. The molecule has 0 radical (unpaired) electrons. The summed E-state index contributed by atoms with van der Waals surface area (Å²) in [5.41, 5.74) is 5.73. The van der Waals surface area contributed by atoms with Crippen LogP contribution in [0.25, 0.3) is 0 Å². The van der Waals surface area contributed by atoms with Gasteiger partial charge in [-0.25, -0.2) is 4.89 Å². The third kappa shape index (κ3) is 30.6. The molecule has 2 saturated heterocycles. The first kappa shape index (κ1) is 48.6. The Labute approximate surface area is 319 Å². The number of methoxy groups -OCH3 is 1. The summed E-state index contributed by atoms with van der Waals surface area (Å²) in [6.45, 7) is 12.4. The zero-order chi connectivity index (χ0) is 38.6. The molecule has 1 atom stereocenters. The lowest BCUT2D eigenvalue weighted by atomic mass is 9.81. The van der Waals surface area contributed by atoms with Crippen LogP contribution in [0.2, 0.25) is 0 Å². The minimum atomic E-state index is -0.762. The van der Waals surface area contributed by atoms with Gasteiger partial charge in [0.1, 0.15) is 0 Å². The van der Waals surface area contributed by atoms with E-state index in [1.807, 2.05) is 0 Å². The van der Waals surface area contributed by atoms with Crippen molar-refractivity contribution in [1.82, 2.24) is 10.2 Å². The number of nitrogens with zero attached hydrogens (tertiary/aromatic N) is 1. The van der Waals surface area contributed by atoms with E-state index in [4.69, 9.17) is 72.0 Å². The number of amides is 1. The van der Waals surface area contributed by atoms with E-state index in [-0.39, 0.29) is 32.8 Å². The Morgan fingerprint density at radius 2 is 0.852 bits per heavy atom. The molecule has 2 heterocycles. The molecule has 0 aromatic rings. The van der Waals surface area contributed by atoms with E-state index >= 15 is 0 Å². The molecule has 2 fully saturated rings. The van der Waals surface area contributed by atoms with Crippen molar-refractivity contribution in [3.8, 4) is 0 Å². The van der Waals surface area contributed by atoms with Crippen molar-refractivity contribution < 1.29 is 80.6 Å². The minimum Gasteiger partial charge on any atom is -0.469 e. The molecular formula is C32H63B2N3O17. The Bertz CT molecular complexity index is 874. The number of esters is 1. The third-order valence-corrected chi connectivity index (χ3v) is 7.16. The molecule has 0 aliphatic carbocycles. The molecule has 0 aromatic carbocycles. The summed E-state index contributed by atoms with van der Waals surface area (Å²) in [6.07, 6.45) is 0.325. The number of carbonyl (C=O) groups is 2. The number of ether oxygens (including phenoxy) is 12. The SMILES string of the molecule is COC(=O)CCC(N)C(=O)NCCOCCOCCOCCOCCOCCOCCOCCOCCOCCOCCOCCON(B1CO1)B1CO1. The normalized spacial score (nSPS) is 14.2. The smallest absolute Gasteiger partial charge is 0.422 e. The van der Waals surface area contributed by atoms with Gasteiger partial charge in [-0.1, -0.05) is 0 Å². The van der Waals surface area contributed by atoms with E-state index in [1.54, 1.807) is 4.89 Å². The highest BCUT2D eigenvalue weighted by Gasteiger charge is 2.51. The number of nitrogens with two attached hydrogens (primary N) is 1. The van der Waals surface area contributed by atoms with Crippen LogP contribution >= 0.6 is 0 Å².